The highest BCUT2D eigenvalue weighted by Gasteiger charge is 1.99. The molecule has 0 radical (unpaired) electrons. The van der Waals surface area contributed by atoms with E-state index in [1.807, 2.05) is 12.1 Å². The minimum absolute atomic E-state index is 0.00137. The predicted molar refractivity (Wildman–Crippen MR) is 82.0 cm³/mol. The molecule has 0 unspecified atom stereocenters. The first-order valence-corrected chi connectivity index (χ1v) is 7.22. The van der Waals surface area contributed by atoms with E-state index in [-0.39, 0.29) is 12.5 Å². The van der Waals surface area contributed by atoms with E-state index < -0.39 is 0 Å². The number of carbonyl (C=O) groups is 1. The lowest BCUT2D eigenvalue weighted by molar-refractivity contribution is -0.111. The molecule has 0 saturated carbocycles. The van der Waals surface area contributed by atoms with Crippen molar-refractivity contribution in [1.82, 2.24) is 0 Å². The van der Waals surface area contributed by atoms with Crippen molar-refractivity contribution in [2.24, 2.45) is 0 Å². The van der Waals surface area contributed by atoms with Gasteiger partial charge in [-0.1, -0.05) is 12.1 Å². The van der Waals surface area contributed by atoms with E-state index in [2.05, 4.69) is 21.2 Å². The Kier molecular flexibility index (Phi) is 4.90. The van der Waals surface area contributed by atoms with Crippen molar-refractivity contribution in [3.63, 3.8) is 0 Å². The average Bonchev–Trinajstić information content (AvgIpc) is 2.83. The highest BCUT2D eigenvalue weighted by atomic mass is 79.9. The summed E-state index contributed by atoms with van der Waals surface area (Å²) in [5.74, 6) is -0.179. The van der Waals surface area contributed by atoms with Gasteiger partial charge in [-0.25, -0.2) is 0 Å². The van der Waals surface area contributed by atoms with Gasteiger partial charge in [-0.15, -0.1) is 11.3 Å². The number of aliphatic hydroxyl groups is 1. The summed E-state index contributed by atoms with van der Waals surface area (Å²) in [6, 6.07) is 11.0. The third-order valence-corrected chi connectivity index (χ3v) is 3.99. The van der Waals surface area contributed by atoms with E-state index >= 15 is 0 Å². The van der Waals surface area contributed by atoms with Crippen molar-refractivity contribution in [2.75, 3.05) is 5.32 Å². The SMILES string of the molecule is O=C(C=Cc1ccc(Br)s1)Nc1ccc(CO)cc1. The molecule has 0 bridgehead atoms. The van der Waals surface area contributed by atoms with Crippen LogP contribution in [-0.2, 0) is 11.4 Å². The molecule has 0 aliphatic rings. The molecule has 0 aliphatic carbocycles. The maximum Gasteiger partial charge on any atom is 0.248 e. The number of hydrogen-bond acceptors (Lipinski definition) is 3. The lowest BCUT2D eigenvalue weighted by atomic mass is 10.2. The highest BCUT2D eigenvalue weighted by molar-refractivity contribution is 9.11. The van der Waals surface area contributed by atoms with Crippen molar-refractivity contribution < 1.29 is 9.90 Å². The number of halogens is 1. The van der Waals surface area contributed by atoms with Crippen LogP contribution >= 0.6 is 27.3 Å². The van der Waals surface area contributed by atoms with Gasteiger partial charge < -0.3 is 10.4 Å². The predicted octanol–water partition coefficient (Wildman–Crippen LogP) is 3.65. The van der Waals surface area contributed by atoms with Crippen LogP contribution in [0, 0.1) is 0 Å². The summed E-state index contributed by atoms with van der Waals surface area (Å²) in [6.07, 6.45) is 3.27. The second kappa shape index (κ2) is 6.65. The van der Waals surface area contributed by atoms with Gasteiger partial charge >= 0.3 is 0 Å². The van der Waals surface area contributed by atoms with Crippen molar-refractivity contribution in [1.29, 1.82) is 0 Å². The van der Waals surface area contributed by atoms with E-state index in [0.29, 0.717) is 5.69 Å². The fourth-order valence-corrected chi connectivity index (χ4v) is 2.78. The average molecular weight is 338 g/mol. The third kappa shape index (κ3) is 4.31. The smallest absolute Gasteiger partial charge is 0.248 e. The van der Waals surface area contributed by atoms with E-state index in [4.69, 9.17) is 5.11 Å². The van der Waals surface area contributed by atoms with Crippen molar-refractivity contribution >= 4 is 44.9 Å². The number of aliphatic hydroxyl groups excluding tert-OH is 1. The zero-order valence-corrected chi connectivity index (χ0v) is 12.4. The summed E-state index contributed by atoms with van der Waals surface area (Å²) in [5, 5.41) is 11.7. The molecule has 5 heteroatoms. The molecule has 0 aliphatic heterocycles. The topological polar surface area (TPSA) is 49.3 Å². The molecule has 2 rings (SSSR count). The number of thiophene rings is 1. The molecule has 1 aromatic heterocycles. The van der Waals surface area contributed by atoms with Crippen LogP contribution in [0.25, 0.3) is 6.08 Å². The summed E-state index contributed by atoms with van der Waals surface area (Å²) in [5.41, 5.74) is 1.52. The number of carbonyl (C=O) groups excluding carboxylic acids is 1. The maximum atomic E-state index is 11.7. The molecule has 1 aromatic carbocycles. The Labute approximate surface area is 123 Å². The lowest BCUT2D eigenvalue weighted by Crippen LogP contribution is -2.07. The fraction of sp³-hybridized carbons (Fsp3) is 0.0714. The molecule has 1 heterocycles. The summed E-state index contributed by atoms with van der Waals surface area (Å²) in [7, 11) is 0. The standard InChI is InChI=1S/C14H12BrNO2S/c15-13-7-5-12(19-13)6-8-14(18)16-11-3-1-10(9-17)2-4-11/h1-8,17H,9H2,(H,16,18). The molecule has 2 N–H and O–H groups in total. The zero-order valence-electron chi connectivity index (χ0n) is 9.97. The molecule has 1 amide bonds. The molecule has 0 fully saturated rings. The largest absolute Gasteiger partial charge is 0.392 e. The number of anilines is 1. The molecular formula is C14H12BrNO2S. The van der Waals surface area contributed by atoms with E-state index in [9.17, 15) is 4.79 Å². The lowest BCUT2D eigenvalue weighted by Gasteiger charge is -2.02. The van der Waals surface area contributed by atoms with E-state index in [0.717, 1.165) is 14.2 Å². The van der Waals surface area contributed by atoms with Gasteiger partial charge in [0.25, 0.3) is 0 Å². The number of rotatable bonds is 4. The number of amides is 1. The summed E-state index contributed by atoms with van der Waals surface area (Å²) < 4.78 is 1.03. The maximum absolute atomic E-state index is 11.7. The second-order valence-corrected chi connectivity index (χ2v) is 6.31. The Morgan fingerprint density at radius 2 is 2.00 bits per heavy atom. The molecule has 3 nitrogen and oxygen atoms in total. The molecule has 19 heavy (non-hydrogen) atoms. The van der Waals surface area contributed by atoms with Gasteiger partial charge in [0, 0.05) is 16.6 Å². The van der Waals surface area contributed by atoms with Gasteiger partial charge in [0.2, 0.25) is 5.91 Å². The van der Waals surface area contributed by atoms with Gasteiger partial charge in [0.05, 0.1) is 10.4 Å². The highest BCUT2D eigenvalue weighted by Crippen LogP contribution is 2.23. The Balaban J connectivity index is 1.95. The summed E-state index contributed by atoms with van der Waals surface area (Å²) >= 11 is 4.93. The monoisotopic (exact) mass is 337 g/mol. The van der Waals surface area contributed by atoms with Gasteiger partial charge in [-0.05, 0) is 51.8 Å². The van der Waals surface area contributed by atoms with Crippen molar-refractivity contribution in [3.05, 3.63) is 56.7 Å². The Morgan fingerprint density at radius 1 is 1.26 bits per heavy atom. The summed E-state index contributed by atoms with van der Waals surface area (Å²) in [4.78, 5) is 12.7. The molecule has 0 saturated heterocycles. The van der Waals surface area contributed by atoms with E-state index in [1.54, 1.807) is 41.7 Å². The third-order valence-electron chi connectivity index (χ3n) is 2.40. The summed E-state index contributed by atoms with van der Waals surface area (Å²) in [6.45, 7) is 0.00137. The molecule has 0 atom stereocenters. The first-order valence-electron chi connectivity index (χ1n) is 5.61. The van der Waals surface area contributed by atoms with Crippen LogP contribution in [-0.4, -0.2) is 11.0 Å². The van der Waals surface area contributed by atoms with Crippen LogP contribution in [0.2, 0.25) is 0 Å². The Morgan fingerprint density at radius 3 is 2.58 bits per heavy atom. The van der Waals surface area contributed by atoms with E-state index in [1.165, 1.54) is 6.08 Å². The number of benzene rings is 1. The molecule has 2 aromatic rings. The normalized spacial score (nSPS) is 10.8. The van der Waals surface area contributed by atoms with Gasteiger partial charge in [0.1, 0.15) is 0 Å². The minimum atomic E-state index is -0.179. The van der Waals surface area contributed by atoms with Crippen molar-refractivity contribution in [2.45, 2.75) is 6.61 Å². The molecule has 0 spiro atoms. The van der Waals surface area contributed by atoms with Crippen LogP contribution in [0.4, 0.5) is 5.69 Å². The fourth-order valence-electron chi connectivity index (χ4n) is 1.45. The van der Waals surface area contributed by atoms with Crippen LogP contribution in [0.3, 0.4) is 0 Å². The quantitative estimate of drug-likeness (QED) is 0.836. The second-order valence-electron chi connectivity index (χ2n) is 3.82. The van der Waals surface area contributed by atoms with Crippen LogP contribution in [0.5, 0.6) is 0 Å². The number of hydrogen-bond donors (Lipinski definition) is 2. The first kappa shape index (κ1) is 14.0. The Bertz CT molecular complexity index is 590. The van der Waals surface area contributed by atoms with Gasteiger partial charge in [-0.3, -0.25) is 4.79 Å². The van der Waals surface area contributed by atoms with Crippen LogP contribution in [0.15, 0.2) is 46.3 Å². The number of nitrogens with one attached hydrogen (secondary N) is 1. The first-order chi connectivity index (χ1) is 9.17. The van der Waals surface area contributed by atoms with Crippen molar-refractivity contribution in [3.8, 4) is 0 Å². The van der Waals surface area contributed by atoms with Gasteiger partial charge in [-0.2, -0.15) is 0 Å². The minimum Gasteiger partial charge on any atom is -0.392 e. The van der Waals surface area contributed by atoms with Gasteiger partial charge in [0.15, 0.2) is 0 Å². The molecule has 98 valence electrons. The van der Waals surface area contributed by atoms with Crippen LogP contribution in [0.1, 0.15) is 10.4 Å². The zero-order chi connectivity index (χ0) is 13.7. The van der Waals surface area contributed by atoms with Crippen LogP contribution < -0.4 is 5.32 Å². The molecular weight excluding hydrogens is 326 g/mol. The Hall–Kier alpha value is -1.43.